The molecular weight excluding hydrogens is 334 g/mol. The van der Waals surface area contributed by atoms with E-state index in [0.717, 1.165) is 25.4 Å². The summed E-state index contributed by atoms with van der Waals surface area (Å²) in [6.45, 7) is 8.45. The lowest BCUT2D eigenvalue weighted by atomic mass is 9.89. The van der Waals surface area contributed by atoms with Crippen molar-refractivity contribution in [3.8, 4) is 0 Å². The van der Waals surface area contributed by atoms with E-state index >= 15 is 0 Å². The van der Waals surface area contributed by atoms with Crippen LogP contribution in [0, 0.1) is 5.41 Å². The highest BCUT2D eigenvalue weighted by Gasteiger charge is 2.19. The van der Waals surface area contributed by atoms with E-state index in [-0.39, 0.29) is 21.2 Å². The van der Waals surface area contributed by atoms with Crippen LogP contribution in [0.3, 0.4) is 0 Å². The number of benzene rings is 1. The summed E-state index contributed by atoms with van der Waals surface area (Å²) in [6, 6.07) is 4.27. The normalized spacial score (nSPS) is 14.5. The first-order chi connectivity index (χ1) is 10.2. The third kappa shape index (κ3) is 6.51. The quantitative estimate of drug-likeness (QED) is 0.842. The Balaban J connectivity index is 3.12. The van der Waals surface area contributed by atoms with E-state index in [1.165, 1.54) is 18.2 Å². The fourth-order valence-electron chi connectivity index (χ4n) is 2.15. The minimum absolute atomic E-state index is 0.00539. The van der Waals surface area contributed by atoms with Crippen molar-refractivity contribution in [3.05, 3.63) is 18.2 Å². The molecule has 1 unspecified atom stereocenters. The largest absolute Gasteiger partial charge is 0.382 e. The predicted octanol–water partition coefficient (Wildman–Crippen LogP) is 3.12. The van der Waals surface area contributed by atoms with E-state index in [2.05, 4.69) is 26.1 Å². The zero-order chi connectivity index (χ0) is 18.1. The predicted molar refractivity (Wildman–Crippen MR) is 94.4 cm³/mol. The van der Waals surface area contributed by atoms with Crippen LogP contribution in [0.4, 0.5) is 5.69 Å². The Morgan fingerprint density at radius 3 is 2.04 bits per heavy atom. The first-order valence-corrected chi connectivity index (χ1v) is 11.3. The van der Waals surface area contributed by atoms with Crippen molar-refractivity contribution in [2.75, 3.05) is 17.8 Å². The monoisotopic (exact) mass is 361 g/mol. The molecule has 1 aromatic rings. The van der Waals surface area contributed by atoms with Gasteiger partial charge >= 0.3 is 0 Å². The average Bonchev–Trinajstić information content (AvgIpc) is 2.33. The second kappa shape index (κ2) is 6.81. The van der Waals surface area contributed by atoms with Crippen molar-refractivity contribution in [1.29, 1.82) is 0 Å². The molecule has 0 radical (unpaired) electrons. The van der Waals surface area contributed by atoms with Gasteiger partial charge in [-0.1, -0.05) is 20.8 Å². The molecule has 0 aromatic heterocycles. The second-order valence-electron chi connectivity index (χ2n) is 7.35. The standard InChI is InChI=1S/C16H27NO4S2/c1-12(9-10-16(2,3)4)17-14-8-7-13(22(5,18)19)11-15(14)23(6,20)21/h7-8,11-12,17H,9-10H2,1-6H3. The van der Waals surface area contributed by atoms with Crippen molar-refractivity contribution in [1.82, 2.24) is 0 Å². The molecule has 1 atom stereocenters. The minimum atomic E-state index is -3.53. The van der Waals surface area contributed by atoms with Crippen molar-refractivity contribution in [3.63, 3.8) is 0 Å². The van der Waals surface area contributed by atoms with Crippen molar-refractivity contribution in [2.45, 2.75) is 56.4 Å². The van der Waals surface area contributed by atoms with Crippen LogP contribution < -0.4 is 5.32 Å². The van der Waals surface area contributed by atoms with Gasteiger partial charge in [0.05, 0.1) is 15.5 Å². The van der Waals surface area contributed by atoms with Crippen molar-refractivity contribution < 1.29 is 16.8 Å². The Hall–Kier alpha value is -1.08. The van der Waals surface area contributed by atoms with Crippen LogP contribution >= 0.6 is 0 Å². The summed E-state index contributed by atoms with van der Waals surface area (Å²) in [5.41, 5.74) is 0.650. The molecule has 1 aromatic carbocycles. The van der Waals surface area contributed by atoms with E-state index in [1.54, 1.807) is 0 Å². The molecule has 1 N–H and O–H groups in total. The van der Waals surface area contributed by atoms with E-state index in [4.69, 9.17) is 0 Å². The molecule has 0 amide bonds. The number of hydrogen-bond acceptors (Lipinski definition) is 5. The molecule has 0 aliphatic carbocycles. The van der Waals surface area contributed by atoms with Crippen LogP contribution in [0.1, 0.15) is 40.5 Å². The van der Waals surface area contributed by atoms with Crippen LogP contribution in [-0.4, -0.2) is 35.4 Å². The molecule has 0 saturated heterocycles. The van der Waals surface area contributed by atoms with Crippen LogP contribution in [0.15, 0.2) is 28.0 Å². The molecule has 0 spiro atoms. The van der Waals surface area contributed by atoms with Gasteiger partial charge in [0.15, 0.2) is 19.7 Å². The van der Waals surface area contributed by atoms with Gasteiger partial charge in [0, 0.05) is 18.6 Å². The highest BCUT2D eigenvalue weighted by Crippen LogP contribution is 2.27. The van der Waals surface area contributed by atoms with Gasteiger partial charge in [-0.3, -0.25) is 0 Å². The molecule has 0 aliphatic rings. The molecule has 7 heteroatoms. The fourth-order valence-corrected chi connectivity index (χ4v) is 3.74. The van der Waals surface area contributed by atoms with E-state index < -0.39 is 19.7 Å². The molecular formula is C16H27NO4S2. The maximum Gasteiger partial charge on any atom is 0.177 e. The molecule has 0 bridgehead atoms. The highest BCUT2D eigenvalue weighted by atomic mass is 32.2. The summed E-state index contributed by atoms with van der Waals surface area (Å²) < 4.78 is 47.3. The van der Waals surface area contributed by atoms with Crippen LogP contribution in [0.2, 0.25) is 0 Å². The molecule has 1 rings (SSSR count). The Morgan fingerprint density at radius 1 is 1.04 bits per heavy atom. The van der Waals surface area contributed by atoms with Crippen LogP contribution in [0.25, 0.3) is 0 Å². The molecule has 0 heterocycles. The SMILES string of the molecule is CC(CCC(C)(C)C)Nc1ccc(S(C)(=O)=O)cc1S(C)(=O)=O. The third-order valence-corrected chi connectivity index (χ3v) is 5.76. The Bertz CT molecular complexity index is 760. The molecule has 0 saturated carbocycles. The van der Waals surface area contributed by atoms with Gasteiger partial charge in [-0.05, 0) is 43.4 Å². The second-order valence-corrected chi connectivity index (χ2v) is 11.3. The Morgan fingerprint density at radius 2 is 1.61 bits per heavy atom. The summed E-state index contributed by atoms with van der Waals surface area (Å²) >= 11 is 0. The summed E-state index contributed by atoms with van der Waals surface area (Å²) in [6.07, 6.45) is 4.03. The number of hydrogen-bond donors (Lipinski definition) is 1. The van der Waals surface area contributed by atoms with Gasteiger partial charge in [0.1, 0.15) is 0 Å². The lowest BCUT2D eigenvalue weighted by molar-refractivity contribution is 0.357. The van der Waals surface area contributed by atoms with Gasteiger partial charge in [-0.15, -0.1) is 0 Å². The van der Waals surface area contributed by atoms with Crippen molar-refractivity contribution >= 4 is 25.4 Å². The van der Waals surface area contributed by atoms with Gasteiger partial charge in [-0.2, -0.15) is 0 Å². The van der Waals surface area contributed by atoms with E-state index in [9.17, 15) is 16.8 Å². The Labute approximate surface area is 140 Å². The molecule has 5 nitrogen and oxygen atoms in total. The van der Waals surface area contributed by atoms with Gasteiger partial charge in [0.25, 0.3) is 0 Å². The zero-order valence-corrected chi connectivity index (χ0v) is 16.3. The third-order valence-electron chi connectivity index (χ3n) is 3.51. The molecule has 0 fully saturated rings. The minimum Gasteiger partial charge on any atom is -0.382 e. The smallest absolute Gasteiger partial charge is 0.177 e. The molecule has 132 valence electrons. The highest BCUT2D eigenvalue weighted by molar-refractivity contribution is 7.91. The maximum absolute atomic E-state index is 12.0. The van der Waals surface area contributed by atoms with Gasteiger partial charge in [0.2, 0.25) is 0 Å². The van der Waals surface area contributed by atoms with Crippen molar-refractivity contribution in [2.24, 2.45) is 5.41 Å². The summed E-state index contributed by atoms with van der Waals surface area (Å²) in [7, 11) is -6.98. The van der Waals surface area contributed by atoms with Gasteiger partial charge < -0.3 is 5.32 Å². The van der Waals surface area contributed by atoms with E-state index in [1.807, 2.05) is 6.92 Å². The van der Waals surface area contributed by atoms with Gasteiger partial charge in [-0.25, -0.2) is 16.8 Å². The summed E-state index contributed by atoms with van der Waals surface area (Å²) in [5.74, 6) is 0. The first-order valence-electron chi connectivity index (χ1n) is 7.51. The van der Waals surface area contributed by atoms with Crippen LogP contribution in [-0.2, 0) is 19.7 Å². The number of anilines is 1. The molecule has 23 heavy (non-hydrogen) atoms. The average molecular weight is 362 g/mol. The first kappa shape index (κ1) is 20.0. The maximum atomic E-state index is 12.0. The van der Waals surface area contributed by atoms with E-state index in [0.29, 0.717) is 5.69 Å². The number of rotatable bonds is 6. The number of sulfone groups is 2. The summed E-state index contributed by atoms with van der Waals surface area (Å²) in [4.78, 5) is 0.0221. The summed E-state index contributed by atoms with van der Waals surface area (Å²) in [5, 5.41) is 3.19. The topological polar surface area (TPSA) is 80.3 Å². The Kier molecular flexibility index (Phi) is 5.91. The molecule has 0 aliphatic heterocycles. The van der Waals surface area contributed by atoms with Crippen LogP contribution in [0.5, 0.6) is 0 Å². The lowest BCUT2D eigenvalue weighted by Gasteiger charge is -2.23. The lowest BCUT2D eigenvalue weighted by Crippen LogP contribution is -2.20. The number of nitrogens with one attached hydrogen (secondary N) is 1. The zero-order valence-electron chi connectivity index (χ0n) is 14.7. The fraction of sp³-hybridized carbons (Fsp3) is 0.625.